The van der Waals surface area contributed by atoms with Crippen LogP contribution in [0.25, 0.3) is 0 Å². The number of carboxylic acids is 1. The first-order valence-electron chi connectivity index (χ1n) is 21.2. The minimum absolute atomic E-state index is 0.0123. The predicted molar refractivity (Wildman–Crippen MR) is 204 cm³/mol. The summed E-state index contributed by atoms with van der Waals surface area (Å²) in [4.78, 5) is 22.5. The molecule has 0 fully saturated rings. The average molecular weight is 663 g/mol. The van der Waals surface area contributed by atoms with Gasteiger partial charge in [-0.15, -0.1) is 0 Å². The molecule has 0 aromatic heterocycles. The summed E-state index contributed by atoms with van der Waals surface area (Å²) in [7, 11) is 0. The van der Waals surface area contributed by atoms with Gasteiger partial charge >= 0.3 is 11.9 Å². The number of unbranched alkanes of at least 4 members (excludes halogenated alkanes) is 32. The van der Waals surface area contributed by atoms with E-state index in [1.807, 2.05) is 0 Å². The van der Waals surface area contributed by atoms with Crippen molar-refractivity contribution in [1.29, 1.82) is 0 Å². The molecule has 0 aliphatic carbocycles. The third-order valence-corrected chi connectivity index (χ3v) is 9.69. The highest BCUT2D eigenvalue weighted by atomic mass is 16.5. The standard InChI is InChI=1S/C43H82O4/c1-2-3-4-5-6-7-8-9-10-15-19-22-25-28-31-34-37-40-43(46)47-41-38-35-32-29-26-23-20-17-14-12-11-13-16-18-21-24-27-30-33-36-39-42(44)45/h7-8H,2-6,9-41H2,1H3,(H,44,45). The number of hydrogen-bond acceptors (Lipinski definition) is 3. The van der Waals surface area contributed by atoms with Gasteiger partial charge in [-0.25, -0.2) is 0 Å². The molecule has 0 heterocycles. The molecule has 0 amide bonds. The van der Waals surface area contributed by atoms with Crippen molar-refractivity contribution in [3.8, 4) is 0 Å². The summed E-state index contributed by atoms with van der Waals surface area (Å²) >= 11 is 0. The number of rotatable bonds is 40. The second-order valence-electron chi connectivity index (χ2n) is 14.5. The first-order chi connectivity index (χ1) is 23.2. The largest absolute Gasteiger partial charge is 0.481 e. The van der Waals surface area contributed by atoms with E-state index in [4.69, 9.17) is 9.84 Å². The highest BCUT2D eigenvalue weighted by Crippen LogP contribution is 2.16. The van der Waals surface area contributed by atoms with Crippen LogP contribution in [0, 0.1) is 0 Å². The maximum absolute atomic E-state index is 12.0. The van der Waals surface area contributed by atoms with Crippen molar-refractivity contribution in [3.63, 3.8) is 0 Å². The van der Waals surface area contributed by atoms with Crippen molar-refractivity contribution in [3.05, 3.63) is 12.2 Å². The van der Waals surface area contributed by atoms with Gasteiger partial charge in [0.25, 0.3) is 0 Å². The molecule has 0 aromatic carbocycles. The lowest BCUT2D eigenvalue weighted by atomic mass is 10.0. The normalized spacial score (nSPS) is 11.5. The van der Waals surface area contributed by atoms with Crippen molar-refractivity contribution in [2.75, 3.05) is 6.61 Å². The summed E-state index contributed by atoms with van der Waals surface area (Å²) in [5.41, 5.74) is 0. The van der Waals surface area contributed by atoms with Crippen LogP contribution < -0.4 is 0 Å². The number of esters is 1. The molecular formula is C43H82O4. The molecule has 0 bridgehead atoms. The van der Waals surface area contributed by atoms with Gasteiger partial charge in [0.1, 0.15) is 0 Å². The van der Waals surface area contributed by atoms with E-state index >= 15 is 0 Å². The highest BCUT2D eigenvalue weighted by molar-refractivity contribution is 5.69. The third-order valence-electron chi connectivity index (χ3n) is 9.69. The van der Waals surface area contributed by atoms with Gasteiger partial charge < -0.3 is 9.84 Å². The summed E-state index contributed by atoms with van der Waals surface area (Å²) in [6, 6.07) is 0. The van der Waals surface area contributed by atoms with Crippen LogP contribution >= 0.6 is 0 Å². The molecule has 0 saturated carbocycles. The fourth-order valence-electron chi connectivity index (χ4n) is 6.51. The lowest BCUT2D eigenvalue weighted by Gasteiger charge is -2.06. The number of aliphatic carboxylic acids is 1. The zero-order valence-electron chi connectivity index (χ0n) is 31.7. The van der Waals surface area contributed by atoms with Gasteiger partial charge in [-0.05, 0) is 44.9 Å². The van der Waals surface area contributed by atoms with Gasteiger partial charge in [0.05, 0.1) is 6.61 Å². The Morgan fingerprint density at radius 2 is 0.702 bits per heavy atom. The summed E-state index contributed by atoms with van der Waals surface area (Å²) in [5, 5.41) is 8.64. The Labute approximate surface area is 294 Å². The second kappa shape index (κ2) is 40.9. The number of carbonyl (C=O) groups excluding carboxylic acids is 1. The monoisotopic (exact) mass is 663 g/mol. The maximum Gasteiger partial charge on any atom is 0.305 e. The molecule has 0 aliphatic rings. The molecule has 0 radical (unpaired) electrons. The van der Waals surface area contributed by atoms with Crippen LogP contribution in [0.15, 0.2) is 12.2 Å². The van der Waals surface area contributed by atoms with Crippen LogP contribution in [0.1, 0.15) is 244 Å². The van der Waals surface area contributed by atoms with Crippen LogP contribution in [-0.4, -0.2) is 23.7 Å². The molecule has 0 aliphatic heterocycles. The van der Waals surface area contributed by atoms with E-state index < -0.39 is 5.97 Å². The molecule has 0 aromatic rings. The van der Waals surface area contributed by atoms with Crippen LogP contribution in [0.4, 0.5) is 0 Å². The lowest BCUT2D eigenvalue weighted by molar-refractivity contribution is -0.144. The molecule has 1 N–H and O–H groups in total. The molecule has 0 saturated heterocycles. The number of allylic oxidation sites excluding steroid dienone is 2. The van der Waals surface area contributed by atoms with E-state index in [0.29, 0.717) is 19.4 Å². The van der Waals surface area contributed by atoms with Crippen LogP contribution in [0.3, 0.4) is 0 Å². The van der Waals surface area contributed by atoms with Crippen molar-refractivity contribution >= 4 is 11.9 Å². The van der Waals surface area contributed by atoms with Crippen molar-refractivity contribution in [2.45, 2.75) is 244 Å². The topological polar surface area (TPSA) is 63.6 Å². The molecule has 0 spiro atoms. The molecule has 278 valence electrons. The third kappa shape index (κ3) is 42.7. The van der Waals surface area contributed by atoms with Crippen molar-refractivity contribution in [1.82, 2.24) is 0 Å². The summed E-state index contributed by atoms with van der Waals surface area (Å²) < 4.78 is 5.46. The molecule has 4 nitrogen and oxygen atoms in total. The average Bonchev–Trinajstić information content (AvgIpc) is 3.06. The lowest BCUT2D eigenvalue weighted by Crippen LogP contribution is -2.05. The number of carboxylic acid groups (broad SMARTS) is 1. The van der Waals surface area contributed by atoms with Gasteiger partial charge in [0.2, 0.25) is 0 Å². The van der Waals surface area contributed by atoms with Gasteiger partial charge in [-0.1, -0.05) is 199 Å². The number of ether oxygens (including phenoxy) is 1. The first kappa shape index (κ1) is 45.7. The molecule has 4 heteroatoms. The van der Waals surface area contributed by atoms with Gasteiger partial charge in [-0.2, -0.15) is 0 Å². The van der Waals surface area contributed by atoms with Gasteiger partial charge in [0, 0.05) is 12.8 Å². The van der Waals surface area contributed by atoms with Crippen LogP contribution in [-0.2, 0) is 14.3 Å². The molecule has 0 rings (SSSR count). The van der Waals surface area contributed by atoms with E-state index in [-0.39, 0.29) is 5.97 Å². The zero-order chi connectivity index (χ0) is 34.1. The fraction of sp³-hybridized carbons (Fsp3) is 0.907. The van der Waals surface area contributed by atoms with Crippen LogP contribution in [0.2, 0.25) is 0 Å². The fourth-order valence-corrected chi connectivity index (χ4v) is 6.51. The smallest absolute Gasteiger partial charge is 0.305 e. The Morgan fingerprint density at radius 3 is 1.06 bits per heavy atom. The number of hydrogen-bond donors (Lipinski definition) is 1. The van der Waals surface area contributed by atoms with E-state index in [2.05, 4.69) is 19.1 Å². The molecule has 0 unspecified atom stereocenters. The second-order valence-corrected chi connectivity index (χ2v) is 14.5. The Morgan fingerprint density at radius 1 is 0.404 bits per heavy atom. The van der Waals surface area contributed by atoms with Crippen molar-refractivity contribution < 1.29 is 19.4 Å². The van der Waals surface area contributed by atoms with Gasteiger partial charge in [-0.3, -0.25) is 9.59 Å². The van der Waals surface area contributed by atoms with E-state index in [0.717, 1.165) is 25.7 Å². The summed E-state index contributed by atoms with van der Waals surface area (Å²) in [6.45, 7) is 2.89. The Bertz CT molecular complexity index is 658. The first-order valence-corrected chi connectivity index (χ1v) is 21.2. The Hall–Kier alpha value is -1.32. The summed E-state index contributed by atoms with van der Waals surface area (Å²) in [6.07, 6.45) is 51.0. The van der Waals surface area contributed by atoms with Crippen molar-refractivity contribution in [2.24, 2.45) is 0 Å². The minimum Gasteiger partial charge on any atom is -0.481 e. The number of carbonyl (C=O) groups is 2. The quantitative estimate of drug-likeness (QED) is 0.0403. The minimum atomic E-state index is -0.659. The molecule has 0 atom stereocenters. The summed E-state index contributed by atoms with van der Waals surface area (Å²) in [5.74, 6) is -0.647. The Kier molecular flexibility index (Phi) is 39.7. The zero-order valence-corrected chi connectivity index (χ0v) is 31.7. The van der Waals surface area contributed by atoms with Crippen LogP contribution in [0.5, 0.6) is 0 Å². The molecule has 47 heavy (non-hydrogen) atoms. The maximum atomic E-state index is 12.0. The highest BCUT2D eigenvalue weighted by Gasteiger charge is 2.03. The Balaban J connectivity index is 3.17. The van der Waals surface area contributed by atoms with E-state index in [9.17, 15) is 9.59 Å². The van der Waals surface area contributed by atoms with E-state index in [1.54, 1.807) is 0 Å². The predicted octanol–water partition coefficient (Wildman–Crippen LogP) is 14.6. The van der Waals surface area contributed by atoms with Gasteiger partial charge in [0.15, 0.2) is 0 Å². The van der Waals surface area contributed by atoms with E-state index in [1.165, 1.54) is 199 Å². The molecular weight excluding hydrogens is 580 g/mol. The SMILES string of the molecule is CCCCCCC=CCCCCCCCCCCCC(=O)OCCCCCCCCCCCCCCCCCCCCCCC(=O)O.